The van der Waals surface area contributed by atoms with E-state index in [1.165, 1.54) is 23.1 Å². The molecule has 0 radical (unpaired) electrons. The zero-order valence-corrected chi connectivity index (χ0v) is 20.0. The monoisotopic (exact) mass is 487 g/mol. The van der Waals surface area contributed by atoms with Gasteiger partial charge in [-0.05, 0) is 36.1 Å². The van der Waals surface area contributed by atoms with Gasteiger partial charge in [0, 0.05) is 23.1 Å². The van der Waals surface area contributed by atoms with Crippen LogP contribution in [0.4, 0.5) is 5.00 Å². The number of nitrogens with zero attached hydrogens (tertiary/aromatic N) is 3. The summed E-state index contributed by atoms with van der Waals surface area (Å²) in [4.78, 5) is 24.9. The first-order valence-electron chi connectivity index (χ1n) is 10.6. The van der Waals surface area contributed by atoms with Crippen LogP contribution in [0.5, 0.6) is 0 Å². The van der Waals surface area contributed by atoms with Gasteiger partial charge in [-0.2, -0.15) is 0 Å². The Morgan fingerprint density at radius 1 is 1.06 bits per heavy atom. The summed E-state index contributed by atoms with van der Waals surface area (Å²) in [5.41, 5.74) is 10.5. The normalized spacial score (nSPS) is 11.2. The summed E-state index contributed by atoms with van der Waals surface area (Å²) in [5.74, 6) is -0.243. The van der Waals surface area contributed by atoms with Crippen LogP contribution in [0, 0.1) is 6.92 Å². The van der Waals surface area contributed by atoms with E-state index in [0.29, 0.717) is 16.3 Å². The number of pyridine rings is 1. The minimum Gasteiger partial charge on any atom is -0.365 e. The number of carbonyl (C=O) groups is 2. The van der Waals surface area contributed by atoms with Crippen LogP contribution in [0.25, 0.3) is 27.7 Å². The number of hydrogen-bond acceptors (Lipinski definition) is 6. The molecule has 0 aliphatic heterocycles. The van der Waals surface area contributed by atoms with Crippen LogP contribution in [0.2, 0.25) is 0 Å². The molecule has 7 nitrogen and oxygen atoms in total. The van der Waals surface area contributed by atoms with Gasteiger partial charge < -0.3 is 11.1 Å². The molecule has 3 heterocycles. The third kappa shape index (κ3) is 4.27. The quantitative estimate of drug-likeness (QED) is 0.310. The lowest BCUT2D eigenvalue weighted by atomic mass is 10.0. The first-order chi connectivity index (χ1) is 16.5. The number of hydrogen-bond donors (Lipinski definition) is 2. The molecule has 2 aromatic carbocycles. The highest BCUT2D eigenvalue weighted by atomic mass is 32.2. The second-order valence-corrected chi connectivity index (χ2v) is 9.74. The van der Waals surface area contributed by atoms with Crippen LogP contribution in [0.1, 0.15) is 22.3 Å². The maximum Gasteiger partial charge on any atom is 0.252 e. The number of benzene rings is 2. The Morgan fingerprint density at radius 2 is 1.85 bits per heavy atom. The van der Waals surface area contributed by atoms with Gasteiger partial charge in [0.15, 0.2) is 10.8 Å². The van der Waals surface area contributed by atoms with Crippen molar-refractivity contribution in [1.82, 2.24) is 14.6 Å². The topological polar surface area (TPSA) is 102 Å². The van der Waals surface area contributed by atoms with Gasteiger partial charge in [0.1, 0.15) is 5.00 Å². The Bertz CT molecular complexity index is 1520. The maximum absolute atomic E-state index is 12.7. The fourth-order valence-electron chi connectivity index (χ4n) is 3.77. The van der Waals surface area contributed by atoms with Crippen molar-refractivity contribution in [3.8, 4) is 11.1 Å². The average molecular weight is 488 g/mol. The Hall–Kier alpha value is -3.69. The molecule has 0 spiro atoms. The number of para-hydroxylation sites is 1. The zero-order chi connectivity index (χ0) is 23.7. The number of fused-ring (bicyclic) bond motifs is 3. The van der Waals surface area contributed by atoms with Crippen molar-refractivity contribution >= 4 is 56.5 Å². The van der Waals surface area contributed by atoms with E-state index in [2.05, 4.69) is 15.5 Å². The molecule has 3 N–H and O–H groups in total. The van der Waals surface area contributed by atoms with Crippen molar-refractivity contribution in [1.29, 1.82) is 0 Å². The molecule has 0 bridgehead atoms. The van der Waals surface area contributed by atoms with Gasteiger partial charge in [-0.3, -0.25) is 14.0 Å². The summed E-state index contributed by atoms with van der Waals surface area (Å²) in [6.45, 7) is 2.00. The summed E-state index contributed by atoms with van der Waals surface area (Å²) >= 11 is 2.76. The first kappa shape index (κ1) is 22.1. The largest absolute Gasteiger partial charge is 0.365 e. The lowest BCUT2D eigenvalue weighted by Gasteiger charge is -2.07. The fraction of sp³-hybridized carbons (Fsp3) is 0.120. The lowest BCUT2D eigenvalue weighted by molar-refractivity contribution is -0.115. The zero-order valence-electron chi connectivity index (χ0n) is 18.3. The molecule has 0 aliphatic carbocycles. The Labute approximate surface area is 204 Å². The van der Waals surface area contributed by atoms with Gasteiger partial charge in [0.05, 0.1) is 11.1 Å². The van der Waals surface area contributed by atoms with Crippen LogP contribution in [0.3, 0.4) is 0 Å². The molecule has 0 saturated heterocycles. The summed E-state index contributed by atoms with van der Waals surface area (Å²) in [6.07, 6.45) is 0.250. The van der Waals surface area contributed by atoms with Gasteiger partial charge in [0.2, 0.25) is 5.91 Å². The number of rotatable bonds is 7. The predicted molar refractivity (Wildman–Crippen MR) is 137 cm³/mol. The van der Waals surface area contributed by atoms with E-state index in [4.69, 9.17) is 5.73 Å². The number of thiophene rings is 1. The van der Waals surface area contributed by atoms with Crippen LogP contribution in [0.15, 0.2) is 71.2 Å². The van der Waals surface area contributed by atoms with E-state index in [-0.39, 0.29) is 12.3 Å². The number of thioether (sulfide) groups is 1. The predicted octanol–water partition coefficient (Wildman–Crippen LogP) is 5.14. The summed E-state index contributed by atoms with van der Waals surface area (Å²) in [5, 5.41) is 15.5. The Morgan fingerprint density at radius 3 is 2.65 bits per heavy atom. The number of carbonyl (C=O) groups excluding carboxylic acids is 2. The molecule has 0 unspecified atom stereocenters. The molecule has 34 heavy (non-hydrogen) atoms. The van der Waals surface area contributed by atoms with E-state index in [1.54, 1.807) is 0 Å². The van der Waals surface area contributed by atoms with Gasteiger partial charge in [-0.1, -0.05) is 59.8 Å². The highest BCUT2D eigenvalue weighted by Gasteiger charge is 2.20. The van der Waals surface area contributed by atoms with E-state index in [9.17, 15) is 9.59 Å². The molecular formula is C25H21N5O2S2. The molecule has 0 aliphatic rings. The van der Waals surface area contributed by atoms with Crippen molar-refractivity contribution in [2.24, 2.45) is 5.73 Å². The molecular weight excluding hydrogens is 466 g/mol. The number of nitrogens with one attached hydrogen (secondary N) is 1. The maximum atomic E-state index is 12.7. The SMILES string of the molecule is Cc1ccc(-c2csc(NC(=O)CCSc3nnc4ccc5ccccc5n34)c2C(N)=O)cc1. The van der Waals surface area contributed by atoms with Crippen LogP contribution in [-0.4, -0.2) is 32.2 Å². The second-order valence-electron chi connectivity index (χ2n) is 7.80. The third-order valence-corrected chi connectivity index (χ3v) is 7.29. The standard InChI is InChI=1S/C25H21N5O2S2/c1-15-6-8-16(9-7-15)18-14-34-24(22(18)23(26)32)27-21(31)12-13-33-25-29-28-20-11-10-17-4-2-3-5-19(17)30(20)25/h2-11,14H,12-13H2,1H3,(H2,26,32)(H,27,31). The summed E-state index contributed by atoms with van der Waals surface area (Å²) < 4.78 is 2.00. The van der Waals surface area contributed by atoms with Crippen molar-refractivity contribution in [2.75, 3.05) is 11.1 Å². The third-order valence-electron chi connectivity index (χ3n) is 5.46. The van der Waals surface area contributed by atoms with Crippen molar-refractivity contribution in [2.45, 2.75) is 18.5 Å². The van der Waals surface area contributed by atoms with Crippen LogP contribution in [-0.2, 0) is 4.79 Å². The highest BCUT2D eigenvalue weighted by molar-refractivity contribution is 7.99. The van der Waals surface area contributed by atoms with Gasteiger partial charge in [0.25, 0.3) is 5.91 Å². The van der Waals surface area contributed by atoms with Gasteiger partial charge >= 0.3 is 0 Å². The Balaban J connectivity index is 1.29. The smallest absolute Gasteiger partial charge is 0.252 e. The number of aryl methyl sites for hydroxylation is 1. The molecule has 5 aromatic rings. The van der Waals surface area contributed by atoms with Crippen LogP contribution < -0.4 is 11.1 Å². The van der Waals surface area contributed by atoms with E-state index in [0.717, 1.165) is 38.4 Å². The number of anilines is 1. The number of primary amides is 1. The van der Waals surface area contributed by atoms with Crippen molar-refractivity contribution in [3.05, 3.63) is 77.2 Å². The molecule has 0 saturated carbocycles. The van der Waals surface area contributed by atoms with Gasteiger partial charge in [-0.15, -0.1) is 21.5 Å². The van der Waals surface area contributed by atoms with E-state index in [1.807, 2.05) is 77.4 Å². The van der Waals surface area contributed by atoms with Crippen molar-refractivity contribution in [3.63, 3.8) is 0 Å². The molecule has 5 rings (SSSR count). The first-order valence-corrected chi connectivity index (χ1v) is 12.5. The van der Waals surface area contributed by atoms with E-state index >= 15 is 0 Å². The number of amides is 2. The fourth-order valence-corrected chi connectivity index (χ4v) is 5.65. The Kier molecular flexibility index (Phi) is 6.04. The molecule has 2 amide bonds. The summed E-state index contributed by atoms with van der Waals surface area (Å²) in [7, 11) is 0. The minimum atomic E-state index is -0.566. The molecule has 9 heteroatoms. The number of nitrogens with two attached hydrogens (primary N) is 1. The summed E-state index contributed by atoms with van der Waals surface area (Å²) in [6, 6.07) is 19.8. The molecule has 170 valence electrons. The average Bonchev–Trinajstić information content (AvgIpc) is 3.44. The molecule has 3 aromatic heterocycles. The second kappa shape index (κ2) is 9.28. The number of aromatic nitrogens is 3. The molecule has 0 atom stereocenters. The van der Waals surface area contributed by atoms with Gasteiger partial charge in [-0.25, -0.2) is 0 Å². The molecule has 0 fully saturated rings. The van der Waals surface area contributed by atoms with E-state index < -0.39 is 5.91 Å². The van der Waals surface area contributed by atoms with Crippen molar-refractivity contribution < 1.29 is 9.59 Å². The minimum absolute atomic E-state index is 0.189. The lowest BCUT2D eigenvalue weighted by Crippen LogP contribution is -2.17. The van der Waals surface area contributed by atoms with Crippen LogP contribution >= 0.6 is 23.1 Å². The highest BCUT2D eigenvalue weighted by Crippen LogP contribution is 2.35.